The number of ether oxygens (including phenoxy) is 1. The van der Waals surface area contributed by atoms with Crippen LogP contribution in [-0.2, 0) is 11.2 Å². The number of amides is 1. The van der Waals surface area contributed by atoms with Gasteiger partial charge in [-0.3, -0.25) is 0 Å². The molecule has 0 aromatic carbocycles. The average Bonchev–Trinajstić information content (AvgIpc) is 2.53. The Morgan fingerprint density at radius 1 is 1.48 bits per heavy atom. The van der Waals surface area contributed by atoms with Crippen molar-refractivity contribution in [1.82, 2.24) is 10.3 Å². The highest BCUT2D eigenvalue weighted by Gasteiger charge is 2.26. The van der Waals surface area contributed by atoms with Gasteiger partial charge in [0.25, 0.3) is 0 Å². The van der Waals surface area contributed by atoms with Gasteiger partial charge in [-0.05, 0) is 46.1 Å². The van der Waals surface area contributed by atoms with Gasteiger partial charge in [-0.2, -0.15) is 0 Å². The number of pyridine rings is 1. The molecule has 7 heteroatoms. The Morgan fingerprint density at radius 3 is 2.80 bits per heavy atom. The standard InChI is InChI=1S/C18H31N5O2/c1-6-12-10-14(15(19)16(20-5)21-12)23-9-7-8-13(11-23)22-17(24)25-18(2,3)4/h10,13H,6-9,11,19H2,1-5H3,(H,20,21)(H,22,24)/t13-/m1/s1. The zero-order valence-electron chi connectivity index (χ0n) is 16.0. The minimum atomic E-state index is -0.494. The van der Waals surface area contributed by atoms with Crippen LogP contribution in [0.2, 0.25) is 0 Å². The van der Waals surface area contributed by atoms with Crippen molar-refractivity contribution in [1.29, 1.82) is 0 Å². The summed E-state index contributed by atoms with van der Waals surface area (Å²) in [4.78, 5) is 18.8. The highest BCUT2D eigenvalue weighted by molar-refractivity contribution is 5.79. The molecule has 2 heterocycles. The van der Waals surface area contributed by atoms with Crippen molar-refractivity contribution >= 4 is 23.3 Å². The first-order valence-electron chi connectivity index (χ1n) is 8.95. The molecule has 0 unspecified atom stereocenters. The number of piperidine rings is 1. The fourth-order valence-electron chi connectivity index (χ4n) is 3.01. The Balaban J connectivity index is 2.12. The molecule has 140 valence electrons. The smallest absolute Gasteiger partial charge is 0.407 e. The zero-order valence-corrected chi connectivity index (χ0v) is 16.0. The second kappa shape index (κ2) is 7.80. The summed E-state index contributed by atoms with van der Waals surface area (Å²) in [5, 5.41) is 6.04. The number of aromatic nitrogens is 1. The average molecular weight is 349 g/mol. The van der Waals surface area contributed by atoms with Crippen molar-refractivity contribution in [2.75, 3.05) is 36.1 Å². The Hall–Kier alpha value is -2.18. The molecule has 4 N–H and O–H groups in total. The van der Waals surface area contributed by atoms with Gasteiger partial charge < -0.3 is 26.0 Å². The van der Waals surface area contributed by atoms with Gasteiger partial charge in [0.1, 0.15) is 5.60 Å². The summed E-state index contributed by atoms with van der Waals surface area (Å²) >= 11 is 0. The van der Waals surface area contributed by atoms with E-state index in [2.05, 4.69) is 27.4 Å². The van der Waals surface area contributed by atoms with Crippen LogP contribution in [-0.4, -0.2) is 42.9 Å². The van der Waals surface area contributed by atoms with Crippen LogP contribution in [0.1, 0.15) is 46.2 Å². The molecule has 0 spiro atoms. The van der Waals surface area contributed by atoms with Crippen molar-refractivity contribution in [2.45, 2.75) is 58.6 Å². The lowest BCUT2D eigenvalue weighted by Crippen LogP contribution is -2.49. The van der Waals surface area contributed by atoms with E-state index in [1.807, 2.05) is 33.9 Å². The van der Waals surface area contributed by atoms with Crippen LogP contribution in [0.25, 0.3) is 0 Å². The fourth-order valence-corrected chi connectivity index (χ4v) is 3.01. The normalized spacial score (nSPS) is 18.0. The lowest BCUT2D eigenvalue weighted by Gasteiger charge is -2.36. The number of hydrogen-bond donors (Lipinski definition) is 3. The number of alkyl carbamates (subject to hydrolysis) is 1. The molecule has 0 radical (unpaired) electrons. The molecule has 1 aromatic heterocycles. The van der Waals surface area contributed by atoms with Gasteiger partial charge >= 0.3 is 6.09 Å². The van der Waals surface area contributed by atoms with E-state index in [1.54, 1.807) is 0 Å². The highest BCUT2D eigenvalue weighted by Crippen LogP contribution is 2.32. The molecule has 1 fully saturated rings. The van der Waals surface area contributed by atoms with E-state index in [9.17, 15) is 4.79 Å². The molecule has 1 atom stereocenters. The first kappa shape index (κ1) is 19.1. The van der Waals surface area contributed by atoms with Crippen LogP contribution < -0.4 is 21.3 Å². The van der Waals surface area contributed by atoms with Crippen LogP contribution in [0.15, 0.2) is 6.07 Å². The zero-order chi connectivity index (χ0) is 18.6. The van der Waals surface area contributed by atoms with Gasteiger partial charge in [0.05, 0.1) is 11.4 Å². The third-order valence-electron chi connectivity index (χ3n) is 4.17. The third kappa shape index (κ3) is 5.14. The summed E-state index contributed by atoms with van der Waals surface area (Å²) in [5.41, 5.74) is 8.43. The third-order valence-corrected chi connectivity index (χ3v) is 4.17. The lowest BCUT2D eigenvalue weighted by atomic mass is 10.0. The largest absolute Gasteiger partial charge is 0.444 e. The van der Waals surface area contributed by atoms with Gasteiger partial charge in [0.15, 0.2) is 5.82 Å². The molecule has 0 bridgehead atoms. The summed E-state index contributed by atoms with van der Waals surface area (Å²) in [6, 6.07) is 2.09. The van der Waals surface area contributed by atoms with Crippen molar-refractivity contribution in [2.24, 2.45) is 0 Å². The predicted molar refractivity (Wildman–Crippen MR) is 102 cm³/mol. The maximum atomic E-state index is 12.0. The fraction of sp³-hybridized carbons (Fsp3) is 0.667. The number of nitrogens with zero attached hydrogens (tertiary/aromatic N) is 2. The SMILES string of the molecule is CCc1cc(N2CCC[C@@H](NC(=O)OC(C)(C)C)C2)c(N)c(NC)n1. The van der Waals surface area contributed by atoms with Crippen LogP contribution in [0.5, 0.6) is 0 Å². The Kier molecular flexibility index (Phi) is 5.98. The van der Waals surface area contributed by atoms with Gasteiger partial charge in [0, 0.05) is 31.9 Å². The molecule has 25 heavy (non-hydrogen) atoms. The first-order valence-corrected chi connectivity index (χ1v) is 8.95. The van der Waals surface area contributed by atoms with Crippen LogP contribution in [0, 0.1) is 0 Å². The summed E-state index contributed by atoms with van der Waals surface area (Å²) in [6.07, 6.45) is 2.39. The molecule has 1 saturated heterocycles. The summed E-state index contributed by atoms with van der Waals surface area (Å²) < 4.78 is 5.36. The minimum Gasteiger partial charge on any atom is -0.444 e. The van der Waals surface area contributed by atoms with Crippen LogP contribution >= 0.6 is 0 Å². The monoisotopic (exact) mass is 349 g/mol. The van der Waals surface area contributed by atoms with Crippen LogP contribution in [0.3, 0.4) is 0 Å². The second-order valence-electron chi connectivity index (χ2n) is 7.43. The van der Waals surface area contributed by atoms with Gasteiger partial charge in [-0.15, -0.1) is 0 Å². The number of carbonyl (C=O) groups excluding carboxylic acids is 1. The quantitative estimate of drug-likeness (QED) is 0.774. The molecule has 1 aliphatic heterocycles. The molecule has 0 aliphatic carbocycles. The number of rotatable bonds is 4. The summed E-state index contributed by atoms with van der Waals surface area (Å²) in [5.74, 6) is 0.705. The maximum absolute atomic E-state index is 12.0. The molecule has 2 rings (SSSR count). The first-order chi connectivity index (χ1) is 11.7. The molecule has 1 amide bonds. The van der Waals surface area contributed by atoms with Crippen molar-refractivity contribution in [3.8, 4) is 0 Å². The molecule has 7 nitrogen and oxygen atoms in total. The topological polar surface area (TPSA) is 92.5 Å². The van der Waals surface area contributed by atoms with E-state index in [1.165, 1.54) is 0 Å². The lowest BCUT2D eigenvalue weighted by molar-refractivity contribution is 0.0500. The molecular weight excluding hydrogens is 318 g/mol. The van der Waals surface area contributed by atoms with E-state index in [4.69, 9.17) is 10.5 Å². The summed E-state index contributed by atoms with van der Waals surface area (Å²) in [6.45, 7) is 9.28. The van der Waals surface area contributed by atoms with Gasteiger partial charge in [-0.25, -0.2) is 9.78 Å². The predicted octanol–water partition coefficient (Wildman–Crippen LogP) is 2.76. The van der Waals surface area contributed by atoms with Crippen molar-refractivity contribution in [3.63, 3.8) is 0 Å². The number of nitrogen functional groups attached to an aromatic ring is 1. The molecule has 0 saturated carbocycles. The van der Waals surface area contributed by atoms with E-state index in [0.29, 0.717) is 18.1 Å². The Labute approximate surface area is 150 Å². The van der Waals surface area contributed by atoms with Crippen molar-refractivity contribution < 1.29 is 9.53 Å². The molecule has 1 aromatic rings. The Bertz CT molecular complexity index is 612. The number of aryl methyl sites for hydroxylation is 1. The Morgan fingerprint density at radius 2 is 2.20 bits per heavy atom. The molecular formula is C18H31N5O2. The number of carbonyl (C=O) groups is 1. The number of nitrogens with two attached hydrogens (primary N) is 1. The van der Waals surface area contributed by atoms with Crippen molar-refractivity contribution in [3.05, 3.63) is 11.8 Å². The van der Waals surface area contributed by atoms with Crippen LogP contribution in [0.4, 0.5) is 22.0 Å². The van der Waals surface area contributed by atoms with E-state index < -0.39 is 5.60 Å². The second-order valence-corrected chi connectivity index (χ2v) is 7.43. The highest BCUT2D eigenvalue weighted by atomic mass is 16.6. The minimum absolute atomic E-state index is 0.0410. The van der Waals surface area contributed by atoms with Gasteiger partial charge in [-0.1, -0.05) is 6.92 Å². The number of nitrogens with one attached hydrogen (secondary N) is 2. The summed E-state index contributed by atoms with van der Waals surface area (Å²) in [7, 11) is 1.82. The van der Waals surface area contributed by atoms with Gasteiger partial charge in [0.2, 0.25) is 0 Å². The maximum Gasteiger partial charge on any atom is 0.407 e. The van der Waals surface area contributed by atoms with E-state index in [0.717, 1.165) is 37.2 Å². The van der Waals surface area contributed by atoms with E-state index >= 15 is 0 Å². The number of anilines is 3. The molecule has 1 aliphatic rings. The van der Waals surface area contributed by atoms with E-state index in [-0.39, 0.29) is 12.1 Å². The number of hydrogen-bond acceptors (Lipinski definition) is 6.